The molecular formula is C22H35Cl2N7O. The lowest BCUT2D eigenvalue weighted by Crippen LogP contribution is -2.38. The van der Waals surface area contributed by atoms with Crippen molar-refractivity contribution in [3.05, 3.63) is 29.6 Å². The Morgan fingerprint density at radius 2 is 1.94 bits per heavy atom. The van der Waals surface area contributed by atoms with Crippen LogP contribution in [-0.4, -0.2) is 52.4 Å². The fourth-order valence-electron chi connectivity index (χ4n) is 3.92. The van der Waals surface area contributed by atoms with E-state index in [0.717, 1.165) is 55.0 Å². The van der Waals surface area contributed by atoms with Crippen LogP contribution in [0.25, 0.3) is 10.9 Å². The molecule has 0 bridgehead atoms. The Kier molecular flexibility index (Phi) is 11.0. The maximum Gasteiger partial charge on any atom is 0.291 e. The summed E-state index contributed by atoms with van der Waals surface area (Å²) < 4.78 is 0. The van der Waals surface area contributed by atoms with Crippen LogP contribution in [0.1, 0.15) is 61.6 Å². The molecule has 0 unspecified atom stereocenters. The highest BCUT2D eigenvalue weighted by Gasteiger charge is 2.27. The number of carbonyl (C=O) groups excluding carboxylic acids is 1. The molecule has 0 aliphatic heterocycles. The highest BCUT2D eigenvalue weighted by Crippen LogP contribution is 2.28. The fourth-order valence-corrected chi connectivity index (χ4v) is 3.92. The summed E-state index contributed by atoms with van der Waals surface area (Å²) in [6.45, 7) is 4.82. The number of benzene rings is 1. The summed E-state index contributed by atoms with van der Waals surface area (Å²) in [6, 6.07) is 6.03. The number of nitrogens with two attached hydrogens (primary N) is 2. The molecular weight excluding hydrogens is 449 g/mol. The van der Waals surface area contributed by atoms with Crippen molar-refractivity contribution < 1.29 is 4.79 Å². The first-order valence-corrected chi connectivity index (χ1v) is 10.8. The zero-order chi connectivity index (χ0) is 21.7. The first kappa shape index (κ1) is 27.7. The van der Waals surface area contributed by atoms with Crippen molar-refractivity contribution >= 4 is 53.4 Å². The molecule has 1 saturated carbocycles. The summed E-state index contributed by atoms with van der Waals surface area (Å²) in [7, 11) is 1.80. The predicted molar refractivity (Wildman–Crippen MR) is 136 cm³/mol. The molecule has 0 radical (unpaired) electrons. The molecule has 1 aromatic heterocycles. The van der Waals surface area contributed by atoms with Gasteiger partial charge in [-0.2, -0.15) is 0 Å². The van der Waals surface area contributed by atoms with Gasteiger partial charge in [-0.25, -0.2) is 15.0 Å². The van der Waals surface area contributed by atoms with Crippen molar-refractivity contribution in [3.63, 3.8) is 0 Å². The molecule has 3 rings (SSSR count). The van der Waals surface area contributed by atoms with E-state index in [2.05, 4.69) is 27.2 Å². The molecule has 178 valence electrons. The van der Waals surface area contributed by atoms with E-state index in [4.69, 9.17) is 11.5 Å². The van der Waals surface area contributed by atoms with Crippen LogP contribution in [0, 0.1) is 6.92 Å². The first-order chi connectivity index (χ1) is 14.4. The van der Waals surface area contributed by atoms with Gasteiger partial charge < -0.3 is 21.7 Å². The van der Waals surface area contributed by atoms with Gasteiger partial charge in [0.25, 0.3) is 5.91 Å². The quantitative estimate of drug-likeness (QED) is 0.407. The van der Waals surface area contributed by atoms with Gasteiger partial charge in [0.05, 0.1) is 17.6 Å². The number of aryl methyl sites for hydroxylation is 1. The molecule has 8 nitrogen and oxygen atoms in total. The van der Waals surface area contributed by atoms with Crippen LogP contribution in [0.2, 0.25) is 0 Å². The largest absolute Gasteiger partial charge is 0.370 e. The molecule has 1 fully saturated rings. The third-order valence-electron chi connectivity index (χ3n) is 5.60. The Hall–Kier alpha value is -2.32. The second-order valence-corrected chi connectivity index (χ2v) is 8.15. The maximum atomic E-state index is 12.9. The number of hydrogen-bond donors (Lipinski definition) is 3. The fraction of sp³-hybridized carbons (Fsp3) is 0.545. The first-order valence-electron chi connectivity index (χ1n) is 10.8. The number of unbranched alkanes of at least 4 members (excludes halogenated alkanes) is 1. The molecule has 0 spiro atoms. The van der Waals surface area contributed by atoms with E-state index in [9.17, 15) is 4.79 Å². The molecule has 2 aromatic rings. The van der Waals surface area contributed by atoms with Crippen LogP contribution < -0.4 is 16.8 Å². The second kappa shape index (κ2) is 12.6. The third kappa shape index (κ3) is 6.84. The summed E-state index contributed by atoms with van der Waals surface area (Å²) in [5, 5.41) is 4.44. The molecule has 1 heterocycles. The number of guanidine groups is 1. The Morgan fingerprint density at radius 1 is 1.22 bits per heavy atom. The van der Waals surface area contributed by atoms with Gasteiger partial charge in [0.15, 0.2) is 5.96 Å². The third-order valence-corrected chi connectivity index (χ3v) is 5.60. The predicted octanol–water partition coefficient (Wildman–Crippen LogP) is 3.65. The molecule has 1 aromatic carbocycles. The molecule has 5 N–H and O–H groups in total. The van der Waals surface area contributed by atoms with Crippen LogP contribution in [0.4, 0.5) is 5.82 Å². The zero-order valence-electron chi connectivity index (χ0n) is 19.0. The molecule has 0 saturated heterocycles. The van der Waals surface area contributed by atoms with Gasteiger partial charge in [0.2, 0.25) is 5.82 Å². The Balaban J connectivity index is 0.00000256. The monoisotopic (exact) mass is 483 g/mol. The molecule has 1 aliphatic rings. The van der Waals surface area contributed by atoms with E-state index in [1.165, 1.54) is 0 Å². The van der Waals surface area contributed by atoms with Crippen molar-refractivity contribution in [2.45, 2.75) is 64.5 Å². The van der Waals surface area contributed by atoms with E-state index in [0.29, 0.717) is 12.4 Å². The minimum atomic E-state index is -0.168. The molecule has 32 heavy (non-hydrogen) atoms. The van der Waals surface area contributed by atoms with Gasteiger partial charge in [-0.3, -0.25) is 4.79 Å². The van der Waals surface area contributed by atoms with Gasteiger partial charge in [-0.1, -0.05) is 37.8 Å². The molecule has 10 heteroatoms. The summed E-state index contributed by atoms with van der Waals surface area (Å²) >= 11 is 0. The number of aliphatic imine (C=N–C) groups is 1. The van der Waals surface area contributed by atoms with Gasteiger partial charge in [-0.15, -0.1) is 24.8 Å². The molecule has 1 aliphatic carbocycles. The molecule has 2 atom stereocenters. The van der Waals surface area contributed by atoms with Crippen molar-refractivity contribution in [2.24, 2.45) is 16.5 Å². The highest BCUT2D eigenvalue weighted by atomic mass is 35.5. The number of carbonyl (C=O) groups is 1. The maximum absolute atomic E-state index is 12.9. The summed E-state index contributed by atoms with van der Waals surface area (Å²) in [5.41, 5.74) is 13.2. The Labute approximate surface area is 202 Å². The number of hydrogen-bond acceptors (Lipinski definition) is 5. The number of nitrogens with one attached hydrogen (secondary N) is 1. The number of amides is 1. The van der Waals surface area contributed by atoms with Crippen LogP contribution >= 0.6 is 24.8 Å². The number of anilines is 1. The average Bonchev–Trinajstić information content (AvgIpc) is 2.72. The van der Waals surface area contributed by atoms with E-state index < -0.39 is 0 Å². The second-order valence-electron chi connectivity index (χ2n) is 8.15. The van der Waals surface area contributed by atoms with Gasteiger partial charge in [-0.05, 0) is 38.3 Å². The van der Waals surface area contributed by atoms with Crippen molar-refractivity contribution in [2.75, 3.05) is 18.9 Å². The summed E-state index contributed by atoms with van der Waals surface area (Å²) in [5.74, 6) is 0.809. The van der Waals surface area contributed by atoms with Crippen LogP contribution in [0.5, 0.6) is 0 Å². The average molecular weight is 484 g/mol. The van der Waals surface area contributed by atoms with E-state index in [1.54, 1.807) is 11.9 Å². The van der Waals surface area contributed by atoms with Crippen molar-refractivity contribution in [3.8, 4) is 0 Å². The van der Waals surface area contributed by atoms with Crippen molar-refractivity contribution in [1.82, 2.24) is 14.9 Å². The lowest BCUT2D eigenvalue weighted by molar-refractivity contribution is 0.0782. The Morgan fingerprint density at radius 3 is 2.62 bits per heavy atom. The molecule has 1 amide bonds. The summed E-state index contributed by atoms with van der Waals surface area (Å²) in [4.78, 5) is 28.3. The normalized spacial score (nSPS) is 17.6. The van der Waals surface area contributed by atoms with Crippen LogP contribution in [-0.2, 0) is 0 Å². The van der Waals surface area contributed by atoms with Gasteiger partial charge >= 0.3 is 0 Å². The minimum absolute atomic E-state index is 0. The number of fused-ring (bicyclic) bond motifs is 1. The van der Waals surface area contributed by atoms with E-state index >= 15 is 0 Å². The highest BCUT2D eigenvalue weighted by molar-refractivity contribution is 5.96. The lowest BCUT2D eigenvalue weighted by Gasteiger charge is -2.30. The smallest absolute Gasteiger partial charge is 0.291 e. The number of halogens is 2. The van der Waals surface area contributed by atoms with Crippen molar-refractivity contribution in [1.29, 1.82) is 0 Å². The van der Waals surface area contributed by atoms with E-state index in [-0.39, 0.29) is 54.6 Å². The van der Waals surface area contributed by atoms with Gasteiger partial charge in [0, 0.05) is 19.0 Å². The van der Waals surface area contributed by atoms with E-state index in [1.807, 2.05) is 25.1 Å². The number of nitrogens with zero attached hydrogens (tertiary/aromatic N) is 4. The Bertz CT molecular complexity index is 934. The number of aromatic nitrogens is 2. The van der Waals surface area contributed by atoms with Gasteiger partial charge in [0.1, 0.15) is 5.82 Å². The topological polar surface area (TPSA) is 123 Å². The number of rotatable bonds is 7. The van der Waals surface area contributed by atoms with Crippen LogP contribution in [0.3, 0.4) is 0 Å². The SMILES string of the molecule is CCCCN(C)C(=O)c1nc(N[C@H]2CCCC[C@H]2N=C(N)N)c2cc(C)ccc2n1.Cl.Cl. The summed E-state index contributed by atoms with van der Waals surface area (Å²) in [6.07, 6.45) is 6.02. The minimum Gasteiger partial charge on any atom is -0.370 e. The zero-order valence-corrected chi connectivity index (χ0v) is 20.6. The lowest BCUT2D eigenvalue weighted by atomic mass is 9.90. The standard InChI is InChI=1S/C22H33N7O.2ClH/c1-4-5-12-29(3)21(30)20-25-16-11-10-14(2)13-15(16)19(28-20)26-17-8-6-7-9-18(17)27-22(23)24;;/h10-11,13,17-18H,4-9,12H2,1-3H3,(H4,23,24,27)(H,25,26,28);2*1H/t17-,18+;;/m0../s1. The van der Waals surface area contributed by atoms with Crippen LogP contribution in [0.15, 0.2) is 23.2 Å².